The third kappa shape index (κ3) is 4.26. The van der Waals surface area contributed by atoms with Crippen LogP contribution in [-0.4, -0.2) is 29.7 Å². The zero-order chi connectivity index (χ0) is 24.7. The third-order valence-corrected chi connectivity index (χ3v) is 9.62. The molecule has 5 rings (SSSR count). The van der Waals surface area contributed by atoms with Crippen LogP contribution in [-0.2, 0) is 29.5 Å². The van der Waals surface area contributed by atoms with E-state index in [4.69, 9.17) is 0 Å². The van der Waals surface area contributed by atoms with Crippen LogP contribution in [0.1, 0.15) is 39.5 Å². The van der Waals surface area contributed by atoms with E-state index in [2.05, 4.69) is 35.5 Å². The molecule has 0 radical (unpaired) electrons. The Morgan fingerprint density at radius 1 is 1.00 bits per heavy atom. The largest absolute Gasteiger partial charge is 0.316 e. The number of amides is 1. The lowest BCUT2D eigenvalue weighted by Gasteiger charge is -2.28. The standard InChI is InChI=1S/C27H27N3O3S2/c1-4-30-25-19(3)18(2)9-14-24(25)34-27(30)28-26(31)21-10-12-23(13-11-21)35(32,33)29-16-15-20-7-5-6-8-22(20)17-29/h5-14H,4,15-17H2,1-3H3. The summed E-state index contributed by atoms with van der Waals surface area (Å²) in [6, 6.07) is 18.2. The molecule has 6 nitrogen and oxygen atoms in total. The van der Waals surface area contributed by atoms with Gasteiger partial charge < -0.3 is 4.57 Å². The summed E-state index contributed by atoms with van der Waals surface area (Å²) in [5.41, 5.74) is 6.08. The van der Waals surface area contributed by atoms with E-state index < -0.39 is 10.0 Å². The van der Waals surface area contributed by atoms with Crippen LogP contribution in [0.25, 0.3) is 10.2 Å². The Morgan fingerprint density at radius 2 is 1.71 bits per heavy atom. The van der Waals surface area contributed by atoms with Gasteiger partial charge >= 0.3 is 0 Å². The van der Waals surface area contributed by atoms with Gasteiger partial charge in [0.1, 0.15) is 0 Å². The molecule has 35 heavy (non-hydrogen) atoms. The summed E-state index contributed by atoms with van der Waals surface area (Å²) in [6.07, 6.45) is 0.691. The van der Waals surface area contributed by atoms with Crippen LogP contribution < -0.4 is 4.80 Å². The van der Waals surface area contributed by atoms with Crippen molar-refractivity contribution in [2.75, 3.05) is 6.54 Å². The molecule has 0 saturated heterocycles. The first-order valence-electron chi connectivity index (χ1n) is 11.6. The van der Waals surface area contributed by atoms with E-state index >= 15 is 0 Å². The van der Waals surface area contributed by atoms with Crippen molar-refractivity contribution in [3.63, 3.8) is 0 Å². The van der Waals surface area contributed by atoms with Crippen LogP contribution in [0.15, 0.2) is 70.6 Å². The summed E-state index contributed by atoms with van der Waals surface area (Å²) in [6.45, 7) is 7.70. The number of hydrogen-bond acceptors (Lipinski definition) is 4. The van der Waals surface area contributed by atoms with Gasteiger partial charge in [0.25, 0.3) is 5.91 Å². The fraction of sp³-hybridized carbons (Fsp3) is 0.259. The van der Waals surface area contributed by atoms with E-state index in [0.29, 0.717) is 36.4 Å². The first-order valence-corrected chi connectivity index (χ1v) is 13.9. The molecule has 0 unspecified atom stereocenters. The number of carbonyl (C=O) groups is 1. The minimum atomic E-state index is -3.65. The Kier molecular flexibility index (Phi) is 6.21. The van der Waals surface area contributed by atoms with Crippen molar-refractivity contribution in [3.05, 3.63) is 93.3 Å². The predicted molar refractivity (Wildman–Crippen MR) is 139 cm³/mol. The van der Waals surface area contributed by atoms with Crippen molar-refractivity contribution >= 4 is 37.5 Å². The van der Waals surface area contributed by atoms with Gasteiger partial charge in [-0.1, -0.05) is 41.7 Å². The van der Waals surface area contributed by atoms with Crippen molar-refractivity contribution in [2.45, 2.75) is 45.2 Å². The molecule has 0 fully saturated rings. The van der Waals surface area contributed by atoms with Gasteiger partial charge in [0.05, 0.1) is 15.1 Å². The van der Waals surface area contributed by atoms with Crippen molar-refractivity contribution in [3.8, 4) is 0 Å². The van der Waals surface area contributed by atoms with E-state index in [0.717, 1.165) is 15.8 Å². The Hall–Kier alpha value is -3.07. The minimum absolute atomic E-state index is 0.185. The molecular weight excluding hydrogens is 478 g/mol. The van der Waals surface area contributed by atoms with E-state index in [9.17, 15) is 13.2 Å². The maximum absolute atomic E-state index is 13.2. The van der Waals surface area contributed by atoms with Gasteiger partial charge in [-0.15, -0.1) is 0 Å². The topological polar surface area (TPSA) is 71.7 Å². The van der Waals surface area contributed by atoms with Crippen molar-refractivity contribution < 1.29 is 13.2 Å². The highest BCUT2D eigenvalue weighted by atomic mass is 32.2. The number of aryl methyl sites for hydroxylation is 3. The summed E-state index contributed by atoms with van der Waals surface area (Å²) in [5.74, 6) is -0.385. The molecule has 0 spiro atoms. The quantitative estimate of drug-likeness (QED) is 0.399. The van der Waals surface area contributed by atoms with E-state index in [-0.39, 0.29) is 10.8 Å². The number of aromatic nitrogens is 1. The van der Waals surface area contributed by atoms with Crippen LogP contribution in [0.3, 0.4) is 0 Å². The molecule has 180 valence electrons. The van der Waals surface area contributed by atoms with Gasteiger partial charge in [-0.05, 0) is 79.8 Å². The lowest BCUT2D eigenvalue weighted by atomic mass is 10.0. The molecule has 3 aromatic carbocycles. The molecule has 1 aliphatic heterocycles. The van der Waals surface area contributed by atoms with Gasteiger partial charge in [0.15, 0.2) is 4.80 Å². The van der Waals surface area contributed by atoms with Gasteiger partial charge in [-0.3, -0.25) is 4.79 Å². The molecule has 1 amide bonds. The summed E-state index contributed by atoms with van der Waals surface area (Å²) >= 11 is 1.49. The number of hydrogen-bond donors (Lipinski definition) is 0. The molecule has 0 aliphatic carbocycles. The molecule has 1 aromatic heterocycles. The zero-order valence-corrected chi connectivity index (χ0v) is 21.6. The average Bonchev–Trinajstić information content (AvgIpc) is 3.23. The highest BCUT2D eigenvalue weighted by Gasteiger charge is 2.28. The number of carbonyl (C=O) groups excluding carboxylic acids is 1. The number of sulfonamides is 1. The average molecular weight is 506 g/mol. The van der Waals surface area contributed by atoms with Crippen LogP contribution in [0.5, 0.6) is 0 Å². The second kappa shape index (κ2) is 9.18. The molecule has 8 heteroatoms. The first kappa shape index (κ1) is 23.7. The smallest absolute Gasteiger partial charge is 0.279 e. The number of rotatable bonds is 4. The summed E-state index contributed by atoms with van der Waals surface area (Å²) in [4.78, 5) is 18.2. The number of thiazole rings is 1. The second-order valence-electron chi connectivity index (χ2n) is 8.78. The SMILES string of the molecule is CCn1c(=NC(=O)c2ccc(S(=O)(=O)N3CCc4ccccc4C3)cc2)sc2ccc(C)c(C)c21. The number of nitrogens with zero attached hydrogens (tertiary/aromatic N) is 3. The van der Waals surface area contributed by atoms with E-state index in [1.165, 1.54) is 44.5 Å². The Morgan fingerprint density at radius 3 is 2.43 bits per heavy atom. The molecule has 0 bridgehead atoms. The molecule has 0 atom stereocenters. The fourth-order valence-electron chi connectivity index (χ4n) is 4.56. The third-order valence-electron chi connectivity index (χ3n) is 6.71. The maximum atomic E-state index is 13.2. The van der Waals surface area contributed by atoms with Crippen LogP contribution >= 0.6 is 11.3 Å². The molecule has 4 aromatic rings. The van der Waals surface area contributed by atoms with Crippen molar-refractivity contribution in [1.29, 1.82) is 0 Å². The molecule has 1 aliphatic rings. The monoisotopic (exact) mass is 505 g/mol. The summed E-state index contributed by atoms with van der Waals surface area (Å²) in [7, 11) is -3.65. The highest BCUT2D eigenvalue weighted by molar-refractivity contribution is 7.89. The van der Waals surface area contributed by atoms with Crippen LogP contribution in [0, 0.1) is 13.8 Å². The Bertz CT molecular complexity index is 1610. The van der Waals surface area contributed by atoms with E-state index in [1.807, 2.05) is 31.2 Å². The lowest BCUT2D eigenvalue weighted by Crippen LogP contribution is -2.35. The van der Waals surface area contributed by atoms with Crippen molar-refractivity contribution in [2.24, 2.45) is 4.99 Å². The van der Waals surface area contributed by atoms with Gasteiger partial charge in [-0.25, -0.2) is 8.42 Å². The summed E-state index contributed by atoms with van der Waals surface area (Å²) in [5, 5.41) is 0. The normalized spacial score (nSPS) is 14.9. The zero-order valence-electron chi connectivity index (χ0n) is 20.0. The van der Waals surface area contributed by atoms with Crippen LogP contribution in [0.2, 0.25) is 0 Å². The van der Waals surface area contributed by atoms with Gasteiger partial charge in [0, 0.05) is 25.2 Å². The first-order chi connectivity index (χ1) is 16.8. The molecular formula is C27H27N3O3S2. The number of fused-ring (bicyclic) bond motifs is 2. The number of benzene rings is 3. The Labute approximate surface area is 209 Å². The minimum Gasteiger partial charge on any atom is -0.316 e. The second-order valence-corrected chi connectivity index (χ2v) is 11.7. The molecule has 0 N–H and O–H groups in total. The molecule has 2 heterocycles. The van der Waals surface area contributed by atoms with Crippen LogP contribution in [0.4, 0.5) is 0 Å². The maximum Gasteiger partial charge on any atom is 0.279 e. The lowest BCUT2D eigenvalue weighted by molar-refractivity contribution is 0.0997. The highest BCUT2D eigenvalue weighted by Crippen LogP contribution is 2.26. The van der Waals surface area contributed by atoms with Gasteiger partial charge in [0.2, 0.25) is 10.0 Å². The van der Waals surface area contributed by atoms with Gasteiger partial charge in [-0.2, -0.15) is 9.30 Å². The van der Waals surface area contributed by atoms with E-state index in [1.54, 1.807) is 12.1 Å². The Balaban J connectivity index is 1.43. The molecule has 0 saturated carbocycles. The van der Waals surface area contributed by atoms with Crippen molar-refractivity contribution in [1.82, 2.24) is 8.87 Å². The summed E-state index contributed by atoms with van der Waals surface area (Å²) < 4.78 is 31.1. The fourth-order valence-corrected chi connectivity index (χ4v) is 7.14. The predicted octanol–water partition coefficient (Wildman–Crippen LogP) is 4.83.